The van der Waals surface area contributed by atoms with Crippen molar-refractivity contribution in [2.45, 2.75) is 31.5 Å². The van der Waals surface area contributed by atoms with Crippen molar-refractivity contribution >= 4 is 35.0 Å². The lowest BCUT2D eigenvalue weighted by Gasteiger charge is -2.13. The summed E-state index contributed by atoms with van der Waals surface area (Å²) in [6, 6.07) is 2.21. The zero-order valence-electron chi connectivity index (χ0n) is 19.1. The maximum absolute atomic E-state index is 13.2. The molecule has 3 heterocycles. The lowest BCUT2D eigenvalue weighted by Crippen LogP contribution is -2.47. The highest BCUT2D eigenvalue weighted by Gasteiger charge is 2.48. The van der Waals surface area contributed by atoms with Gasteiger partial charge in [-0.15, -0.1) is 11.3 Å². The molecule has 194 valence electrons. The molecule has 0 aromatic carbocycles. The molecule has 0 radical (unpaired) electrons. The van der Waals surface area contributed by atoms with Gasteiger partial charge in [0.1, 0.15) is 16.4 Å². The summed E-state index contributed by atoms with van der Waals surface area (Å²) >= 11 is 0.748. The van der Waals surface area contributed by atoms with Gasteiger partial charge in [0.25, 0.3) is 11.8 Å². The summed E-state index contributed by atoms with van der Waals surface area (Å²) in [5.41, 5.74) is 2.61. The van der Waals surface area contributed by atoms with Gasteiger partial charge in [-0.1, -0.05) is 0 Å². The minimum Gasteiger partial charge on any atom is -0.380 e. The molecule has 5 N–H and O–H groups in total. The van der Waals surface area contributed by atoms with Crippen molar-refractivity contribution in [3.63, 3.8) is 0 Å². The van der Waals surface area contributed by atoms with Crippen molar-refractivity contribution in [1.29, 1.82) is 0 Å². The monoisotopic (exact) mass is 535 g/mol. The molecular formula is C22H20F3N7O4S. The number of nitrogens with one attached hydrogen (secondary N) is 4. The lowest BCUT2D eigenvalue weighted by atomic mass is 10.0. The molecular weight excluding hydrogens is 515 g/mol. The first-order valence-electron chi connectivity index (χ1n) is 10.9. The van der Waals surface area contributed by atoms with E-state index >= 15 is 0 Å². The molecule has 0 atom stereocenters. The molecule has 1 fully saturated rings. The summed E-state index contributed by atoms with van der Waals surface area (Å²) in [5.74, 6) is -1.41. The van der Waals surface area contributed by atoms with Crippen LogP contribution in [0.1, 0.15) is 35.8 Å². The average molecular weight is 536 g/mol. The zero-order valence-corrected chi connectivity index (χ0v) is 20.0. The van der Waals surface area contributed by atoms with Crippen molar-refractivity contribution in [3.05, 3.63) is 47.4 Å². The Bertz CT molecular complexity index is 1360. The van der Waals surface area contributed by atoms with E-state index in [1.54, 1.807) is 6.92 Å². The Morgan fingerprint density at radius 1 is 1.11 bits per heavy atom. The Balaban J connectivity index is 1.66. The highest BCUT2D eigenvalue weighted by molar-refractivity contribution is 7.13. The van der Waals surface area contributed by atoms with Crippen LogP contribution in [0.4, 0.5) is 23.8 Å². The van der Waals surface area contributed by atoms with E-state index in [4.69, 9.17) is 0 Å². The number of hydrogen-bond donors (Lipinski definition) is 5. The molecule has 3 aromatic rings. The van der Waals surface area contributed by atoms with E-state index in [0.29, 0.717) is 30.5 Å². The van der Waals surface area contributed by atoms with Crippen molar-refractivity contribution in [3.8, 4) is 21.7 Å². The third-order valence-electron chi connectivity index (χ3n) is 5.26. The van der Waals surface area contributed by atoms with Crippen molar-refractivity contribution in [2.75, 3.05) is 11.9 Å². The molecule has 1 saturated carbocycles. The smallest absolute Gasteiger partial charge is 0.380 e. The predicted molar refractivity (Wildman–Crippen MR) is 126 cm³/mol. The summed E-state index contributed by atoms with van der Waals surface area (Å²) in [6.45, 7) is 2.06. The zero-order chi connectivity index (χ0) is 26.8. The van der Waals surface area contributed by atoms with Crippen LogP contribution in [0, 0.1) is 0 Å². The first kappa shape index (κ1) is 26.0. The standard InChI is InChI=1S/C22H20F3N7O4S/c1-2-27-20(35)30-16-6-13(18-29-15(10-37-18)22(23,24)25)14(9-28-16)11-5-12(8-26-7-11)17(33)31-32-19(34)21(36)3-4-21/h5-10,36H,2-4H2,1H3,(H,31,33)(H,32,34)(H2,27,28,30,35). The molecule has 11 nitrogen and oxygen atoms in total. The van der Waals surface area contributed by atoms with E-state index in [0.717, 1.165) is 16.7 Å². The summed E-state index contributed by atoms with van der Waals surface area (Å²) in [4.78, 5) is 48.2. The van der Waals surface area contributed by atoms with Crippen molar-refractivity contribution < 1.29 is 32.7 Å². The number of thiazole rings is 1. The van der Waals surface area contributed by atoms with Crippen LogP contribution in [0.25, 0.3) is 21.7 Å². The van der Waals surface area contributed by atoms with Gasteiger partial charge in [0.2, 0.25) is 0 Å². The summed E-state index contributed by atoms with van der Waals surface area (Å²) in [5, 5.41) is 15.7. The summed E-state index contributed by atoms with van der Waals surface area (Å²) in [6.07, 6.45) is -0.160. The van der Waals surface area contributed by atoms with E-state index in [-0.39, 0.29) is 22.0 Å². The molecule has 4 amide bonds. The number of carbonyl (C=O) groups is 3. The highest BCUT2D eigenvalue weighted by Crippen LogP contribution is 2.38. The number of hydrazine groups is 1. The minimum atomic E-state index is -4.65. The third-order valence-corrected chi connectivity index (χ3v) is 6.13. The first-order valence-corrected chi connectivity index (χ1v) is 11.7. The average Bonchev–Trinajstić information content (AvgIpc) is 3.40. The van der Waals surface area contributed by atoms with Gasteiger partial charge in [0.15, 0.2) is 5.69 Å². The third kappa shape index (κ3) is 6.00. The Morgan fingerprint density at radius 2 is 1.86 bits per heavy atom. The van der Waals surface area contributed by atoms with E-state index in [1.165, 1.54) is 30.7 Å². The van der Waals surface area contributed by atoms with Crippen LogP contribution in [0.2, 0.25) is 0 Å². The van der Waals surface area contributed by atoms with Gasteiger partial charge >= 0.3 is 12.2 Å². The topological polar surface area (TPSA) is 158 Å². The largest absolute Gasteiger partial charge is 0.434 e. The van der Waals surface area contributed by atoms with Crippen LogP contribution in [-0.4, -0.2) is 50.0 Å². The number of nitrogens with zero attached hydrogens (tertiary/aromatic N) is 3. The predicted octanol–water partition coefficient (Wildman–Crippen LogP) is 2.71. The van der Waals surface area contributed by atoms with Crippen LogP contribution in [0.5, 0.6) is 0 Å². The fraction of sp³-hybridized carbons (Fsp3) is 0.273. The Hall–Kier alpha value is -4.11. The molecule has 0 bridgehead atoms. The van der Waals surface area contributed by atoms with Gasteiger partial charge < -0.3 is 10.4 Å². The van der Waals surface area contributed by atoms with Gasteiger partial charge in [-0.25, -0.2) is 14.8 Å². The van der Waals surface area contributed by atoms with Gasteiger partial charge in [-0.05, 0) is 31.9 Å². The quantitative estimate of drug-likeness (QED) is 0.304. The number of rotatable bonds is 6. The van der Waals surface area contributed by atoms with E-state index < -0.39 is 35.3 Å². The SMILES string of the molecule is CCNC(=O)Nc1cc(-c2nc(C(F)(F)F)cs2)c(-c2cncc(C(=O)NNC(=O)C3(O)CC3)c2)cn1. The van der Waals surface area contributed by atoms with Gasteiger partial charge in [0, 0.05) is 47.2 Å². The highest BCUT2D eigenvalue weighted by atomic mass is 32.1. The number of hydrogen-bond acceptors (Lipinski definition) is 8. The lowest BCUT2D eigenvalue weighted by molar-refractivity contribution is -0.140. The van der Waals surface area contributed by atoms with Gasteiger partial charge in [-0.2, -0.15) is 13.2 Å². The molecule has 37 heavy (non-hydrogen) atoms. The van der Waals surface area contributed by atoms with Crippen LogP contribution in [0.3, 0.4) is 0 Å². The van der Waals surface area contributed by atoms with Crippen LogP contribution in [0.15, 0.2) is 36.1 Å². The number of urea groups is 1. The fourth-order valence-electron chi connectivity index (χ4n) is 3.14. The number of alkyl halides is 3. The van der Waals surface area contributed by atoms with Gasteiger partial charge in [0.05, 0.1) is 5.56 Å². The van der Waals surface area contributed by atoms with Crippen LogP contribution < -0.4 is 21.5 Å². The molecule has 15 heteroatoms. The molecule has 3 aromatic heterocycles. The number of aromatic nitrogens is 3. The second-order valence-corrected chi connectivity index (χ2v) is 8.90. The number of amides is 4. The van der Waals surface area contributed by atoms with Crippen LogP contribution >= 0.6 is 11.3 Å². The van der Waals surface area contributed by atoms with Crippen molar-refractivity contribution in [1.82, 2.24) is 31.1 Å². The number of aliphatic hydroxyl groups is 1. The Labute approximate surface area is 211 Å². The molecule has 0 unspecified atom stereocenters. The molecule has 0 saturated heterocycles. The minimum absolute atomic E-state index is 0.00321. The normalized spacial score (nSPS) is 14.0. The summed E-state index contributed by atoms with van der Waals surface area (Å²) < 4.78 is 39.6. The van der Waals surface area contributed by atoms with E-state index in [9.17, 15) is 32.7 Å². The van der Waals surface area contributed by atoms with Gasteiger partial charge in [-0.3, -0.25) is 30.7 Å². The molecule has 1 aliphatic rings. The number of carbonyl (C=O) groups excluding carboxylic acids is 3. The van der Waals surface area contributed by atoms with Crippen molar-refractivity contribution in [2.24, 2.45) is 0 Å². The molecule has 0 spiro atoms. The molecule has 0 aliphatic heterocycles. The second-order valence-electron chi connectivity index (χ2n) is 8.04. The van der Waals surface area contributed by atoms with Crippen LogP contribution in [-0.2, 0) is 11.0 Å². The molecule has 1 aliphatic carbocycles. The Kier molecular flexibility index (Phi) is 7.09. The second kappa shape index (κ2) is 10.1. The maximum atomic E-state index is 13.2. The number of halogens is 3. The Morgan fingerprint density at radius 3 is 2.51 bits per heavy atom. The molecule has 4 rings (SSSR count). The maximum Gasteiger partial charge on any atom is 0.434 e. The fourth-order valence-corrected chi connectivity index (χ4v) is 3.99. The summed E-state index contributed by atoms with van der Waals surface area (Å²) in [7, 11) is 0. The first-order chi connectivity index (χ1) is 17.5. The van der Waals surface area contributed by atoms with E-state index in [2.05, 4.69) is 36.4 Å². The number of anilines is 1. The van der Waals surface area contributed by atoms with E-state index in [1.807, 2.05) is 0 Å². The number of pyridine rings is 2.